The molecule has 0 amide bonds. The fourth-order valence-corrected chi connectivity index (χ4v) is 3.00. The second-order valence-electron chi connectivity index (χ2n) is 4.52. The molecule has 94 valence electrons. The number of hydrogen-bond acceptors (Lipinski definition) is 4. The number of hydrogen-bond donors (Lipinski definition) is 2. The van der Waals surface area contributed by atoms with E-state index in [-0.39, 0.29) is 5.56 Å². The number of rotatable bonds is 2. The number of H-pyrrole nitrogens is 1. The van der Waals surface area contributed by atoms with E-state index in [1.54, 1.807) is 17.4 Å². The van der Waals surface area contributed by atoms with Crippen molar-refractivity contribution < 1.29 is 0 Å². The van der Waals surface area contributed by atoms with Crippen molar-refractivity contribution in [2.45, 2.75) is 18.8 Å². The van der Waals surface area contributed by atoms with E-state index < -0.39 is 0 Å². The number of piperidine rings is 1. The van der Waals surface area contributed by atoms with Crippen molar-refractivity contribution in [2.75, 3.05) is 13.1 Å². The quantitative estimate of drug-likeness (QED) is 0.869. The van der Waals surface area contributed by atoms with Crippen LogP contribution in [0.25, 0.3) is 10.6 Å². The molecule has 3 rings (SSSR count). The molecule has 1 aliphatic heterocycles. The first-order valence-electron chi connectivity index (χ1n) is 6.19. The van der Waals surface area contributed by atoms with Crippen molar-refractivity contribution in [1.82, 2.24) is 15.3 Å². The third kappa shape index (κ3) is 2.37. The van der Waals surface area contributed by atoms with E-state index in [1.165, 1.54) is 0 Å². The Bertz CT molecular complexity index is 570. The predicted molar refractivity (Wildman–Crippen MR) is 73.0 cm³/mol. The van der Waals surface area contributed by atoms with Crippen LogP contribution in [0.4, 0.5) is 0 Å². The van der Waals surface area contributed by atoms with Crippen LogP contribution in [-0.4, -0.2) is 23.1 Å². The third-order valence-electron chi connectivity index (χ3n) is 3.26. The Labute approximate surface area is 109 Å². The van der Waals surface area contributed by atoms with Crippen LogP contribution < -0.4 is 10.9 Å². The molecule has 0 atom stereocenters. The number of nitrogens with one attached hydrogen (secondary N) is 2. The van der Waals surface area contributed by atoms with E-state index in [1.807, 2.05) is 17.5 Å². The minimum Gasteiger partial charge on any atom is -0.317 e. The van der Waals surface area contributed by atoms with Crippen LogP contribution in [0.15, 0.2) is 28.4 Å². The Morgan fingerprint density at radius 3 is 2.89 bits per heavy atom. The van der Waals surface area contributed by atoms with Gasteiger partial charge in [-0.1, -0.05) is 6.07 Å². The molecule has 2 N–H and O–H groups in total. The zero-order chi connectivity index (χ0) is 12.4. The molecular weight excluding hydrogens is 246 g/mol. The van der Waals surface area contributed by atoms with Crippen LogP contribution in [0.5, 0.6) is 0 Å². The van der Waals surface area contributed by atoms with E-state index in [2.05, 4.69) is 15.3 Å². The molecule has 0 radical (unpaired) electrons. The van der Waals surface area contributed by atoms with Crippen molar-refractivity contribution in [3.05, 3.63) is 39.8 Å². The summed E-state index contributed by atoms with van der Waals surface area (Å²) >= 11 is 1.61. The Hall–Kier alpha value is -1.46. The average Bonchev–Trinajstić information content (AvgIpc) is 2.93. The molecule has 2 aromatic heterocycles. The Kier molecular flexibility index (Phi) is 3.25. The summed E-state index contributed by atoms with van der Waals surface area (Å²) in [4.78, 5) is 20.3. The first-order chi connectivity index (χ1) is 8.83. The summed E-state index contributed by atoms with van der Waals surface area (Å²) < 4.78 is 0. The average molecular weight is 261 g/mol. The van der Waals surface area contributed by atoms with Crippen LogP contribution in [0.2, 0.25) is 0 Å². The fraction of sp³-hybridized carbons (Fsp3) is 0.385. The Morgan fingerprint density at radius 1 is 1.33 bits per heavy atom. The van der Waals surface area contributed by atoms with Crippen molar-refractivity contribution in [2.24, 2.45) is 0 Å². The van der Waals surface area contributed by atoms with Gasteiger partial charge in [-0.05, 0) is 37.4 Å². The summed E-state index contributed by atoms with van der Waals surface area (Å²) in [6, 6.07) is 5.56. The summed E-state index contributed by atoms with van der Waals surface area (Å²) in [6.45, 7) is 2.00. The van der Waals surface area contributed by atoms with E-state index in [0.717, 1.165) is 42.3 Å². The lowest BCUT2D eigenvalue weighted by Gasteiger charge is -2.21. The van der Waals surface area contributed by atoms with Crippen LogP contribution in [0, 0.1) is 0 Å². The molecule has 3 heterocycles. The normalized spacial score (nSPS) is 16.9. The molecule has 0 aliphatic carbocycles. The first-order valence-corrected chi connectivity index (χ1v) is 7.07. The van der Waals surface area contributed by atoms with Gasteiger partial charge in [0.15, 0.2) is 0 Å². The van der Waals surface area contributed by atoms with Crippen molar-refractivity contribution in [3.8, 4) is 10.6 Å². The van der Waals surface area contributed by atoms with Gasteiger partial charge in [0.25, 0.3) is 5.56 Å². The summed E-state index contributed by atoms with van der Waals surface area (Å²) in [5, 5.41) is 5.33. The smallest absolute Gasteiger partial charge is 0.251 e. The minimum absolute atomic E-state index is 0.0538. The van der Waals surface area contributed by atoms with Gasteiger partial charge in [-0.2, -0.15) is 0 Å². The van der Waals surface area contributed by atoms with E-state index in [9.17, 15) is 4.79 Å². The van der Waals surface area contributed by atoms with Crippen LogP contribution in [0.3, 0.4) is 0 Å². The number of nitrogens with zero attached hydrogens (tertiary/aromatic N) is 1. The fourth-order valence-electron chi connectivity index (χ4n) is 2.32. The molecule has 0 unspecified atom stereocenters. The van der Waals surface area contributed by atoms with Crippen LogP contribution in [0.1, 0.15) is 24.6 Å². The van der Waals surface area contributed by atoms with Gasteiger partial charge in [-0.15, -0.1) is 11.3 Å². The lowest BCUT2D eigenvalue weighted by molar-refractivity contribution is 0.444. The first kappa shape index (κ1) is 11.6. The monoisotopic (exact) mass is 261 g/mol. The van der Waals surface area contributed by atoms with Gasteiger partial charge in [-0.3, -0.25) is 4.79 Å². The zero-order valence-corrected chi connectivity index (χ0v) is 10.8. The van der Waals surface area contributed by atoms with Crippen molar-refractivity contribution in [1.29, 1.82) is 0 Å². The zero-order valence-electron chi connectivity index (χ0n) is 9.98. The number of thiophene rings is 1. The molecule has 0 spiro atoms. The highest BCUT2D eigenvalue weighted by Gasteiger charge is 2.18. The molecule has 5 heteroatoms. The largest absolute Gasteiger partial charge is 0.317 e. The molecule has 0 saturated carbocycles. The molecule has 1 saturated heterocycles. The predicted octanol–water partition coefficient (Wildman–Crippen LogP) is 1.97. The molecule has 1 aliphatic rings. The maximum Gasteiger partial charge on any atom is 0.251 e. The Balaban J connectivity index is 1.98. The van der Waals surface area contributed by atoms with Crippen molar-refractivity contribution >= 4 is 11.3 Å². The molecule has 0 bridgehead atoms. The van der Waals surface area contributed by atoms with Gasteiger partial charge in [0.1, 0.15) is 5.82 Å². The number of aromatic nitrogens is 2. The summed E-state index contributed by atoms with van der Waals surface area (Å²) in [7, 11) is 0. The maximum atomic E-state index is 11.7. The van der Waals surface area contributed by atoms with E-state index >= 15 is 0 Å². The molecule has 0 aromatic carbocycles. The topological polar surface area (TPSA) is 57.8 Å². The van der Waals surface area contributed by atoms with E-state index in [4.69, 9.17) is 0 Å². The highest BCUT2D eigenvalue weighted by Crippen LogP contribution is 2.25. The lowest BCUT2D eigenvalue weighted by atomic mass is 9.97. The van der Waals surface area contributed by atoms with Gasteiger partial charge in [0, 0.05) is 12.0 Å². The maximum absolute atomic E-state index is 11.7. The summed E-state index contributed by atoms with van der Waals surface area (Å²) in [6.07, 6.45) is 2.08. The molecule has 1 fully saturated rings. The second kappa shape index (κ2) is 5.04. The number of aromatic amines is 1. The van der Waals surface area contributed by atoms with Crippen LogP contribution in [-0.2, 0) is 0 Å². The van der Waals surface area contributed by atoms with Gasteiger partial charge in [-0.25, -0.2) is 4.98 Å². The molecule has 4 nitrogen and oxygen atoms in total. The van der Waals surface area contributed by atoms with Gasteiger partial charge >= 0.3 is 0 Å². The second-order valence-corrected chi connectivity index (χ2v) is 5.47. The van der Waals surface area contributed by atoms with Gasteiger partial charge in [0.2, 0.25) is 0 Å². The molecular formula is C13H15N3OS. The minimum atomic E-state index is -0.0538. The Morgan fingerprint density at radius 2 is 2.17 bits per heavy atom. The van der Waals surface area contributed by atoms with Gasteiger partial charge in [0.05, 0.1) is 10.6 Å². The van der Waals surface area contributed by atoms with Crippen molar-refractivity contribution in [3.63, 3.8) is 0 Å². The van der Waals surface area contributed by atoms with Gasteiger partial charge < -0.3 is 10.3 Å². The highest BCUT2D eigenvalue weighted by atomic mass is 32.1. The summed E-state index contributed by atoms with van der Waals surface area (Å²) in [5.41, 5.74) is 0.740. The van der Waals surface area contributed by atoms with Crippen LogP contribution >= 0.6 is 11.3 Å². The third-order valence-corrected chi connectivity index (χ3v) is 4.15. The standard InChI is InChI=1S/C13H15N3OS/c17-12-8-10(11-2-1-7-18-11)15-13(16-12)9-3-5-14-6-4-9/h1-2,7-9,14H,3-6H2,(H,15,16,17). The van der Waals surface area contributed by atoms with E-state index in [0.29, 0.717) is 5.92 Å². The molecule has 2 aromatic rings. The highest BCUT2D eigenvalue weighted by molar-refractivity contribution is 7.13. The molecule has 18 heavy (non-hydrogen) atoms. The SMILES string of the molecule is O=c1cc(-c2cccs2)nc(C2CCNCC2)[nH]1. The summed E-state index contributed by atoms with van der Waals surface area (Å²) in [5.74, 6) is 1.21. The lowest BCUT2D eigenvalue weighted by Crippen LogP contribution is -2.28.